The minimum absolute atomic E-state index is 0.318. The van der Waals surface area contributed by atoms with E-state index in [1.165, 1.54) is 24.8 Å². The fourth-order valence-corrected chi connectivity index (χ4v) is 2.84. The molecule has 2 unspecified atom stereocenters. The highest BCUT2D eigenvalue weighted by molar-refractivity contribution is 5.41. The van der Waals surface area contributed by atoms with Crippen molar-refractivity contribution in [2.45, 2.75) is 44.9 Å². The molecule has 2 atom stereocenters. The molecule has 110 valence electrons. The lowest BCUT2D eigenvalue weighted by molar-refractivity contribution is 0.0496. The summed E-state index contributed by atoms with van der Waals surface area (Å²) in [4.78, 5) is 6.90. The molecular weight excluding hydrogens is 250 g/mol. The molecular formula is C16H25N3O. The van der Waals surface area contributed by atoms with Crippen molar-refractivity contribution in [2.24, 2.45) is 5.92 Å². The zero-order valence-electron chi connectivity index (χ0n) is 12.5. The second-order valence-corrected chi connectivity index (χ2v) is 6.16. The Morgan fingerprint density at radius 2 is 2.25 bits per heavy atom. The molecule has 0 spiro atoms. The van der Waals surface area contributed by atoms with E-state index in [4.69, 9.17) is 4.74 Å². The Hall–Kier alpha value is -1.13. The molecule has 1 aliphatic heterocycles. The molecule has 2 fully saturated rings. The summed E-state index contributed by atoms with van der Waals surface area (Å²) in [7, 11) is 1.81. The average Bonchev–Trinajstić information content (AvgIpc) is 3.30. The number of ether oxygens (including phenoxy) is 1. The van der Waals surface area contributed by atoms with Crippen LogP contribution in [-0.4, -0.2) is 37.3 Å². The third-order valence-corrected chi connectivity index (χ3v) is 4.50. The van der Waals surface area contributed by atoms with Crippen LogP contribution in [0.25, 0.3) is 0 Å². The molecule has 3 rings (SSSR count). The van der Waals surface area contributed by atoms with Crippen LogP contribution in [0.15, 0.2) is 18.3 Å². The quantitative estimate of drug-likeness (QED) is 0.894. The highest BCUT2D eigenvalue weighted by Gasteiger charge is 2.26. The largest absolute Gasteiger partial charge is 0.379 e. The van der Waals surface area contributed by atoms with Crippen LogP contribution in [0.2, 0.25) is 0 Å². The van der Waals surface area contributed by atoms with Gasteiger partial charge in [-0.25, -0.2) is 4.98 Å². The first-order valence-corrected chi connectivity index (χ1v) is 7.72. The molecule has 2 aliphatic rings. The third kappa shape index (κ3) is 3.30. The minimum atomic E-state index is 0.318. The summed E-state index contributed by atoms with van der Waals surface area (Å²) >= 11 is 0. The van der Waals surface area contributed by atoms with Crippen molar-refractivity contribution < 1.29 is 4.74 Å². The number of hydrogen-bond donors (Lipinski definition) is 1. The van der Waals surface area contributed by atoms with Crippen molar-refractivity contribution in [2.75, 3.05) is 25.1 Å². The fourth-order valence-electron chi connectivity index (χ4n) is 2.84. The van der Waals surface area contributed by atoms with E-state index in [1.807, 2.05) is 13.3 Å². The maximum atomic E-state index is 5.59. The Morgan fingerprint density at radius 3 is 3.00 bits per heavy atom. The second-order valence-electron chi connectivity index (χ2n) is 6.16. The molecule has 2 heterocycles. The van der Waals surface area contributed by atoms with Crippen molar-refractivity contribution in [1.29, 1.82) is 0 Å². The first-order chi connectivity index (χ1) is 9.76. The van der Waals surface area contributed by atoms with Crippen molar-refractivity contribution in [1.82, 2.24) is 10.3 Å². The van der Waals surface area contributed by atoms with Crippen LogP contribution in [-0.2, 0) is 11.3 Å². The Bertz CT molecular complexity index is 447. The van der Waals surface area contributed by atoms with Crippen molar-refractivity contribution in [3.63, 3.8) is 0 Å². The maximum absolute atomic E-state index is 5.59. The van der Waals surface area contributed by atoms with Gasteiger partial charge in [0.05, 0.1) is 6.10 Å². The van der Waals surface area contributed by atoms with E-state index in [9.17, 15) is 0 Å². The Balaban J connectivity index is 1.64. The van der Waals surface area contributed by atoms with Gasteiger partial charge in [0.2, 0.25) is 0 Å². The predicted molar refractivity (Wildman–Crippen MR) is 80.9 cm³/mol. The average molecular weight is 275 g/mol. The van der Waals surface area contributed by atoms with E-state index in [1.54, 1.807) is 0 Å². The van der Waals surface area contributed by atoms with Gasteiger partial charge >= 0.3 is 0 Å². The van der Waals surface area contributed by atoms with E-state index in [0.717, 1.165) is 31.5 Å². The molecule has 0 amide bonds. The lowest BCUT2D eigenvalue weighted by Gasteiger charge is -2.37. The molecule has 4 heteroatoms. The molecule has 1 N–H and O–H groups in total. The molecule has 0 bridgehead atoms. The number of nitrogens with one attached hydrogen (secondary N) is 1. The molecule has 4 nitrogen and oxygen atoms in total. The number of hydrogen-bond acceptors (Lipinski definition) is 4. The van der Waals surface area contributed by atoms with Crippen molar-refractivity contribution in [3.05, 3.63) is 23.9 Å². The van der Waals surface area contributed by atoms with Crippen LogP contribution < -0.4 is 10.2 Å². The van der Waals surface area contributed by atoms with Crippen LogP contribution in [0.5, 0.6) is 0 Å². The van der Waals surface area contributed by atoms with Gasteiger partial charge in [0.1, 0.15) is 5.82 Å². The number of pyridine rings is 1. The van der Waals surface area contributed by atoms with E-state index < -0.39 is 0 Å². The predicted octanol–water partition coefficient (Wildman–Crippen LogP) is 2.19. The van der Waals surface area contributed by atoms with E-state index in [-0.39, 0.29) is 0 Å². The van der Waals surface area contributed by atoms with Crippen LogP contribution >= 0.6 is 0 Å². The SMILES string of the molecule is COC1CN(c2cc(CNC3CC3)ccn2)CCC1C. The Kier molecular flexibility index (Phi) is 4.22. The summed E-state index contributed by atoms with van der Waals surface area (Å²) in [6, 6.07) is 5.08. The van der Waals surface area contributed by atoms with Gasteiger partial charge in [-0.3, -0.25) is 0 Å². The summed E-state index contributed by atoms with van der Waals surface area (Å²) < 4.78 is 5.59. The summed E-state index contributed by atoms with van der Waals surface area (Å²) in [5, 5.41) is 3.56. The first-order valence-electron chi connectivity index (χ1n) is 7.72. The topological polar surface area (TPSA) is 37.4 Å². The standard InChI is InChI=1S/C16H25N3O/c1-12-6-8-19(11-15(12)20-2)16-9-13(5-7-17-16)10-18-14-3-4-14/h5,7,9,12,14-15,18H,3-4,6,8,10-11H2,1-2H3. The maximum Gasteiger partial charge on any atom is 0.128 e. The van der Waals surface area contributed by atoms with Gasteiger partial charge in [-0.15, -0.1) is 0 Å². The first kappa shape index (κ1) is 13.8. The smallest absolute Gasteiger partial charge is 0.128 e. The minimum Gasteiger partial charge on any atom is -0.379 e. The van der Waals surface area contributed by atoms with Crippen LogP contribution in [0.3, 0.4) is 0 Å². The second kappa shape index (κ2) is 6.10. The molecule has 1 aliphatic carbocycles. The lowest BCUT2D eigenvalue weighted by atomic mass is 9.96. The van der Waals surface area contributed by atoms with E-state index in [0.29, 0.717) is 12.0 Å². The van der Waals surface area contributed by atoms with Gasteiger partial charge < -0.3 is 15.0 Å². The molecule has 1 saturated heterocycles. The highest BCUT2D eigenvalue weighted by Crippen LogP contribution is 2.24. The molecule has 0 radical (unpaired) electrons. The number of aromatic nitrogens is 1. The van der Waals surface area contributed by atoms with Gasteiger partial charge in [0.25, 0.3) is 0 Å². The summed E-state index contributed by atoms with van der Waals surface area (Å²) in [6.07, 6.45) is 6.08. The third-order valence-electron chi connectivity index (χ3n) is 4.50. The number of anilines is 1. The van der Waals surface area contributed by atoms with Crippen LogP contribution in [0, 0.1) is 5.92 Å². The van der Waals surface area contributed by atoms with Gasteiger partial charge in [-0.05, 0) is 42.9 Å². The van der Waals surface area contributed by atoms with Gasteiger partial charge in [0, 0.05) is 39.0 Å². The van der Waals surface area contributed by atoms with Gasteiger partial charge in [-0.2, -0.15) is 0 Å². The van der Waals surface area contributed by atoms with E-state index in [2.05, 4.69) is 34.3 Å². The number of rotatable bonds is 5. The zero-order chi connectivity index (χ0) is 13.9. The van der Waals surface area contributed by atoms with Gasteiger partial charge in [0.15, 0.2) is 0 Å². The molecule has 1 aromatic heterocycles. The number of methoxy groups -OCH3 is 1. The summed E-state index contributed by atoms with van der Waals surface area (Å²) in [6.45, 7) is 5.25. The molecule has 0 aromatic carbocycles. The number of nitrogens with zero attached hydrogens (tertiary/aromatic N) is 2. The Labute approximate surface area is 121 Å². The van der Waals surface area contributed by atoms with Crippen LogP contribution in [0.1, 0.15) is 31.7 Å². The van der Waals surface area contributed by atoms with Crippen molar-refractivity contribution in [3.8, 4) is 0 Å². The fraction of sp³-hybridized carbons (Fsp3) is 0.688. The lowest BCUT2D eigenvalue weighted by Crippen LogP contribution is -2.44. The monoisotopic (exact) mass is 275 g/mol. The molecule has 1 aromatic rings. The highest BCUT2D eigenvalue weighted by atomic mass is 16.5. The van der Waals surface area contributed by atoms with E-state index >= 15 is 0 Å². The van der Waals surface area contributed by atoms with Crippen LogP contribution in [0.4, 0.5) is 5.82 Å². The Morgan fingerprint density at radius 1 is 1.40 bits per heavy atom. The normalized spacial score (nSPS) is 26.8. The van der Waals surface area contributed by atoms with Crippen molar-refractivity contribution >= 4 is 5.82 Å². The van der Waals surface area contributed by atoms with Gasteiger partial charge in [-0.1, -0.05) is 6.92 Å². The number of piperidine rings is 1. The summed E-state index contributed by atoms with van der Waals surface area (Å²) in [5.41, 5.74) is 1.33. The zero-order valence-corrected chi connectivity index (χ0v) is 12.5. The molecule has 1 saturated carbocycles. The molecule has 20 heavy (non-hydrogen) atoms. The summed E-state index contributed by atoms with van der Waals surface area (Å²) in [5.74, 6) is 1.73.